The molecule has 0 radical (unpaired) electrons. The second kappa shape index (κ2) is 5.30. The lowest BCUT2D eigenvalue weighted by Crippen LogP contribution is -2.43. The van der Waals surface area contributed by atoms with Gasteiger partial charge in [0.25, 0.3) is 5.56 Å². The fourth-order valence-electron chi connectivity index (χ4n) is 1.88. The van der Waals surface area contributed by atoms with Crippen LogP contribution < -0.4 is 16.3 Å². The number of aromatic amines is 1. The Morgan fingerprint density at radius 1 is 1.47 bits per heavy atom. The molecule has 9 nitrogen and oxygen atoms in total. The van der Waals surface area contributed by atoms with Crippen LogP contribution in [0.25, 0.3) is 0 Å². The zero-order valence-electron chi connectivity index (χ0n) is 9.93. The highest BCUT2D eigenvalue weighted by molar-refractivity contribution is 7.51. The van der Waals surface area contributed by atoms with Gasteiger partial charge in [0, 0.05) is 18.8 Å². The molecule has 2 rings (SSSR count). The molecule has 106 valence electrons. The van der Waals surface area contributed by atoms with Crippen LogP contribution in [0.1, 0.15) is 6.42 Å². The smallest absolute Gasteiger partial charge is 0.350 e. The molecule has 0 saturated carbocycles. The Morgan fingerprint density at radius 3 is 2.84 bits per heavy atom. The topological polar surface area (TPSA) is 125 Å². The second-order valence-electron chi connectivity index (χ2n) is 4.24. The second-order valence-corrected chi connectivity index (χ2v) is 5.83. The summed E-state index contributed by atoms with van der Waals surface area (Å²) in [6.07, 6.45) is 0.913. The van der Waals surface area contributed by atoms with Crippen LogP contribution in [0.2, 0.25) is 0 Å². The zero-order chi connectivity index (χ0) is 14.0. The maximum atomic E-state index is 11.6. The SMILES string of the molecule is O=c1ccn(N2CCC(OCP(=O)(O)O)C2)c(=O)[nH]1. The van der Waals surface area contributed by atoms with Crippen LogP contribution >= 0.6 is 7.60 Å². The lowest BCUT2D eigenvalue weighted by Gasteiger charge is -2.20. The summed E-state index contributed by atoms with van der Waals surface area (Å²) < 4.78 is 17.0. The minimum atomic E-state index is -4.18. The number of hydrogen-bond acceptors (Lipinski definition) is 5. The third-order valence-corrected chi connectivity index (χ3v) is 3.20. The maximum absolute atomic E-state index is 11.6. The summed E-state index contributed by atoms with van der Waals surface area (Å²) in [5, 5.41) is 1.64. The molecule has 2 heterocycles. The molecule has 1 aromatic heterocycles. The van der Waals surface area contributed by atoms with Gasteiger partial charge in [-0.25, -0.2) is 9.47 Å². The molecule has 19 heavy (non-hydrogen) atoms. The van der Waals surface area contributed by atoms with Crippen molar-refractivity contribution in [1.82, 2.24) is 9.66 Å². The van der Waals surface area contributed by atoms with Gasteiger partial charge in [-0.05, 0) is 6.42 Å². The molecular formula is C9H14N3O6P. The van der Waals surface area contributed by atoms with Crippen LogP contribution in [0.5, 0.6) is 0 Å². The predicted octanol–water partition coefficient (Wildman–Crippen LogP) is -1.60. The Kier molecular flexibility index (Phi) is 3.91. The summed E-state index contributed by atoms with van der Waals surface area (Å²) in [5.41, 5.74) is -1.03. The molecule has 1 aromatic rings. The normalized spacial score (nSPS) is 19.9. The van der Waals surface area contributed by atoms with Crippen LogP contribution in [0.3, 0.4) is 0 Å². The first-order chi connectivity index (χ1) is 8.85. The van der Waals surface area contributed by atoms with E-state index in [4.69, 9.17) is 14.5 Å². The van der Waals surface area contributed by atoms with Crippen LogP contribution in [-0.4, -0.2) is 45.0 Å². The van der Waals surface area contributed by atoms with Crippen molar-refractivity contribution < 1.29 is 19.1 Å². The number of aromatic nitrogens is 2. The number of nitrogens with one attached hydrogen (secondary N) is 1. The monoisotopic (exact) mass is 291 g/mol. The van der Waals surface area contributed by atoms with E-state index in [1.54, 1.807) is 5.01 Å². The van der Waals surface area contributed by atoms with E-state index in [2.05, 4.69) is 4.98 Å². The lowest BCUT2D eigenvalue weighted by molar-refractivity contribution is 0.0896. The van der Waals surface area contributed by atoms with Gasteiger partial charge < -0.3 is 19.5 Å². The molecule has 0 spiro atoms. The molecule has 1 atom stereocenters. The van der Waals surface area contributed by atoms with E-state index >= 15 is 0 Å². The zero-order valence-corrected chi connectivity index (χ0v) is 10.8. The van der Waals surface area contributed by atoms with Crippen molar-refractivity contribution in [3.63, 3.8) is 0 Å². The van der Waals surface area contributed by atoms with Gasteiger partial charge in [0.2, 0.25) is 0 Å². The fraction of sp³-hybridized carbons (Fsp3) is 0.556. The van der Waals surface area contributed by atoms with Gasteiger partial charge in [0.05, 0.1) is 12.6 Å². The summed E-state index contributed by atoms with van der Waals surface area (Å²) in [6, 6.07) is 1.23. The summed E-state index contributed by atoms with van der Waals surface area (Å²) in [7, 11) is -4.18. The van der Waals surface area contributed by atoms with Crippen molar-refractivity contribution in [3.8, 4) is 0 Å². The predicted molar refractivity (Wildman–Crippen MR) is 65.7 cm³/mol. The number of nitrogens with zero attached hydrogens (tertiary/aromatic N) is 2. The van der Waals surface area contributed by atoms with Crippen molar-refractivity contribution in [2.24, 2.45) is 0 Å². The molecule has 1 fully saturated rings. The molecule has 0 bridgehead atoms. The van der Waals surface area contributed by atoms with E-state index in [1.165, 1.54) is 16.9 Å². The summed E-state index contributed by atoms with van der Waals surface area (Å²) in [6.45, 7) is 0.823. The van der Waals surface area contributed by atoms with Gasteiger partial charge in [-0.2, -0.15) is 0 Å². The first-order valence-corrected chi connectivity index (χ1v) is 7.38. The summed E-state index contributed by atoms with van der Waals surface area (Å²) >= 11 is 0. The van der Waals surface area contributed by atoms with E-state index in [1.807, 2.05) is 0 Å². The van der Waals surface area contributed by atoms with Gasteiger partial charge in [0.15, 0.2) is 0 Å². The number of rotatable bonds is 4. The average Bonchev–Trinajstić information content (AvgIpc) is 2.74. The van der Waals surface area contributed by atoms with Crippen molar-refractivity contribution in [2.75, 3.05) is 24.4 Å². The molecule has 0 amide bonds. The van der Waals surface area contributed by atoms with Crippen LogP contribution in [0.4, 0.5) is 0 Å². The van der Waals surface area contributed by atoms with Gasteiger partial charge in [0.1, 0.15) is 6.35 Å². The van der Waals surface area contributed by atoms with E-state index < -0.39 is 25.2 Å². The minimum Gasteiger partial charge on any atom is -0.364 e. The Morgan fingerprint density at radius 2 is 2.21 bits per heavy atom. The van der Waals surface area contributed by atoms with E-state index in [0.29, 0.717) is 19.5 Å². The Bertz CT molecular complexity index is 604. The van der Waals surface area contributed by atoms with E-state index in [9.17, 15) is 14.2 Å². The average molecular weight is 291 g/mol. The van der Waals surface area contributed by atoms with Crippen molar-refractivity contribution >= 4 is 7.60 Å². The number of ether oxygens (including phenoxy) is 1. The van der Waals surface area contributed by atoms with Gasteiger partial charge in [-0.3, -0.25) is 14.3 Å². The van der Waals surface area contributed by atoms with Crippen LogP contribution in [-0.2, 0) is 9.30 Å². The Hall–Kier alpha value is -1.41. The van der Waals surface area contributed by atoms with Gasteiger partial charge >= 0.3 is 13.3 Å². The summed E-state index contributed by atoms with van der Waals surface area (Å²) in [5.74, 6) is 0. The highest BCUT2D eigenvalue weighted by atomic mass is 31.2. The molecule has 1 aliphatic heterocycles. The molecule has 1 saturated heterocycles. The van der Waals surface area contributed by atoms with E-state index in [-0.39, 0.29) is 6.10 Å². The Labute approximate surface area is 107 Å². The van der Waals surface area contributed by atoms with Crippen molar-refractivity contribution in [1.29, 1.82) is 0 Å². The standard InChI is InChI=1S/C9H14N3O6P/c13-8-2-4-12(9(14)10-8)11-3-1-7(5-11)18-6-19(15,16)17/h2,4,7H,1,3,5-6H2,(H,10,13,14)(H2,15,16,17). The maximum Gasteiger partial charge on any atom is 0.350 e. The van der Waals surface area contributed by atoms with Gasteiger partial charge in [-0.1, -0.05) is 0 Å². The molecule has 1 aliphatic rings. The number of hydrogen-bond donors (Lipinski definition) is 3. The largest absolute Gasteiger partial charge is 0.364 e. The quantitative estimate of drug-likeness (QED) is 0.570. The minimum absolute atomic E-state index is 0.325. The highest BCUT2D eigenvalue weighted by Crippen LogP contribution is 2.34. The third kappa shape index (κ3) is 3.77. The third-order valence-electron chi connectivity index (χ3n) is 2.71. The number of H-pyrrole nitrogens is 1. The van der Waals surface area contributed by atoms with Crippen molar-refractivity contribution in [3.05, 3.63) is 33.1 Å². The van der Waals surface area contributed by atoms with E-state index in [0.717, 1.165) is 0 Å². The Balaban J connectivity index is 2.00. The fourth-order valence-corrected chi connectivity index (χ4v) is 2.28. The molecule has 1 unspecified atom stereocenters. The van der Waals surface area contributed by atoms with Crippen LogP contribution in [0.15, 0.2) is 21.9 Å². The van der Waals surface area contributed by atoms with Gasteiger partial charge in [-0.15, -0.1) is 0 Å². The molecular weight excluding hydrogens is 277 g/mol. The van der Waals surface area contributed by atoms with Crippen LogP contribution in [0, 0.1) is 0 Å². The highest BCUT2D eigenvalue weighted by Gasteiger charge is 2.26. The summed E-state index contributed by atoms with van der Waals surface area (Å²) in [4.78, 5) is 42.0. The molecule has 0 aromatic carbocycles. The molecule has 10 heteroatoms. The van der Waals surface area contributed by atoms with Crippen molar-refractivity contribution in [2.45, 2.75) is 12.5 Å². The lowest BCUT2D eigenvalue weighted by atomic mass is 10.3. The molecule has 0 aliphatic carbocycles. The molecule has 3 N–H and O–H groups in total. The first-order valence-electron chi connectivity index (χ1n) is 5.58. The first kappa shape index (κ1) is 14.0.